The van der Waals surface area contributed by atoms with E-state index in [1.165, 1.54) is 0 Å². The van der Waals surface area contributed by atoms with E-state index in [2.05, 4.69) is 4.98 Å². The van der Waals surface area contributed by atoms with Crippen LogP contribution in [0, 0.1) is 0 Å². The van der Waals surface area contributed by atoms with Crippen LogP contribution in [-0.4, -0.2) is 41.6 Å². The van der Waals surface area contributed by atoms with Gasteiger partial charge in [0.2, 0.25) is 0 Å². The summed E-state index contributed by atoms with van der Waals surface area (Å²) in [4.78, 5) is 2.97. The standard InChI is InChI=1S/C14H25NO4/c16-7-3-1-5-9-18-13-11-15-12-14(13)19-10-6-2-4-8-17/h11-12,15-17H,1-10H2. The number of hydrogen-bond acceptors (Lipinski definition) is 4. The van der Waals surface area contributed by atoms with Gasteiger partial charge in [-0.05, 0) is 38.5 Å². The van der Waals surface area contributed by atoms with E-state index in [0.29, 0.717) is 13.2 Å². The van der Waals surface area contributed by atoms with Crippen LogP contribution >= 0.6 is 0 Å². The molecule has 0 fully saturated rings. The van der Waals surface area contributed by atoms with Crippen LogP contribution in [0.25, 0.3) is 0 Å². The highest BCUT2D eigenvalue weighted by Crippen LogP contribution is 2.26. The lowest BCUT2D eigenvalue weighted by molar-refractivity contribution is 0.245. The third-order valence-electron chi connectivity index (χ3n) is 2.79. The summed E-state index contributed by atoms with van der Waals surface area (Å²) >= 11 is 0. The molecule has 3 N–H and O–H groups in total. The van der Waals surface area contributed by atoms with Crippen molar-refractivity contribution < 1.29 is 19.7 Å². The molecule has 1 heterocycles. The van der Waals surface area contributed by atoms with Crippen LogP contribution in [0.3, 0.4) is 0 Å². The average Bonchev–Trinajstić information content (AvgIpc) is 2.86. The van der Waals surface area contributed by atoms with Gasteiger partial charge < -0.3 is 24.7 Å². The van der Waals surface area contributed by atoms with Crippen molar-refractivity contribution in [1.82, 2.24) is 4.98 Å². The van der Waals surface area contributed by atoms with Gasteiger partial charge in [0, 0.05) is 25.6 Å². The van der Waals surface area contributed by atoms with Gasteiger partial charge in [-0.3, -0.25) is 0 Å². The van der Waals surface area contributed by atoms with E-state index in [4.69, 9.17) is 19.7 Å². The average molecular weight is 271 g/mol. The second-order valence-electron chi connectivity index (χ2n) is 4.45. The first-order chi connectivity index (χ1) is 9.38. The van der Waals surface area contributed by atoms with Crippen molar-refractivity contribution >= 4 is 0 Å². The zero-order valence-electron chi connectivity index (χ0n) is 11.4. The Labute approximate surface area is 114 Å². The van der Waals surface area contributed by atoms with Crippen molar-refractivity contribution in [2.24, 2.45) is 0 Å². The molecule has 0 aliphatic rings. The van der Waals surface area contributed by atoms with Crippen molar-refractivity contribution in [1.29, 1.82) is 0 Å². The van der Waals surface area contributed by atoms with Crippen LogP contribution in [0.1, 0.15) is 38.5 Å². The molecule has 0 spiro atoms. The second-order valence-corrected chi connectivity index (χ2v) is 4.45. The summed E-state index contributed by atoms with van der Waals surface area (Å²) in [6.45, 7) is 1.76. The number of unbranched alkanes of at least 4 members (excludes halogenated alkanes) is 4. The lowest BCUT2D eigenvalue weighted by Gasteiger charge is -2.08. The van der Waals surface area contributed by atoms with Crippen molar-refractivity contribution in [2.75, 3.05) is 26.4 Å². The maximum atomic E-state index is 8.67. The largest absolute Gasteiger partial charge is 0.488 e. The van der Waals surface area contributed by atoms with Crippen LogP contribution in [0.2, 0.25) is 0 Å². The molecule has 0 aliphatic carbocycles. The Hall–Kier alpha value is -1.20. The summed E-state index contributed by atoms with van der Waals surface area (Å²) < 4.78 is 11.2. The van der Waals surface area contributed by atoms with Crippen molar-refractivity contribution in [3.63, 3.8) is 0 Å². The summed E-state index contributed by atoms with van der Waals surface area (Å²) in [6.07, 6.45) is 9.03. The van der Waals surface area contributed by atoms with E-state index in [0.717, 1.165) is 50.0 Å². The predicted molar refractivity (Wildman–Crippen MR) is 73.7 cm³/mol. The third kappa shape index (κ3) is 7.08. The molecule has 0 saturated carbocycles. The quantitative estimate of drug-likeness (QED) is 0.509. The number of H-pyrrole nitrogens is 1. The van der Waals surface area contributed by atoms with E-state index in [-0.39, 0.29) is 13.2 Å². The summed E-state index contributed by atoms with van der Waals surface area (Å²) in [6, 6.07) is 0. The Balaban J connectivity index is 2.15. The van der Waals surface area contributed by atoms with Gasteiger partial charge in [0.1, 0.15) is 0 Å². The molecule has 0 radical (unpaired) electrons. The fourth-order valence-electron chi connectivity index (χ4n) is 1.71. The van der Waals surface area contributed by atoms with Gasteiger partial charge in [-0.15, -0.1) is 0 Å². The van der Waals surface area contributed by atoms with Gasteiger partial charge >= 0.3 is 0 Å². The molecule has 1 rings (SSSR count). The SMILES string of the molecule is OCCCCCOc1c[nH]cc1OCCCCCO. The minimum absolute atomic E-state index is 0.242. The molecular weight excluding hydrogens is 246 g/mol. The maximum Gasteiger partial charge on any atom is 0.178 e. The highest BCUT2D eigenvalue weighted by atomic mass is 16.5. The van der Waals surface area contributed by atoms with Gasteiger partial charge in [0.25, 0.3) is 0 Å². The molecule has 0 bridgehead atoms. The highest BCUT2D eigenvalue weighted by Gasteiger charge is 2.05. The minimum atomic E-state index is 0.242. The number of ether oxygens (including phenoxy) is 2. The zero-order valence-corrected chi connectivity index (χ0v) is 11.4. The molecule has 5 nitrogen and oxygen atoms in total. The van der Waals surface area contributed by atoms with Crippen molar-refractivity contribution in [3.05, 3.63) is 12.4 Å². The van der Waals surface area contributed by atoms with Gasteiger partial charge in [-0.25, -0.2) is 0 Å². The molecule has 0 atom stereocenters. The minimum Gasteiger partial charge on any atom is -0.488 e. The third-order valence-corrected chi connectivity index (χ3v) is 2.79. The first-order valence-electron chi connectivity index (χ1n) is 7.02. The van der Waals surface area contributed by atoms with Gasteiger partial charge in [0.05, 0.1) is 13.2 Å². The maximum absolute atomic E-state index is 8.67. The Morgan fingerprint density at radius 1 is 0.737 bits per heavy atom. The van der Waals surface area contributed by atoms with Gasteiger partial charge in [-0.2, -0.15) is 0 Å². The highest BCUT2D eigenvalue weighted by molar-refractivity contribution is 5.36. The molecule has 0 amide bonds. The predicted octanol–water partition coefficient (Wildman–Crippen LogP) is 2.10. The lowest BCUT2D eigenvalue weighted by Crippen LogP contribution is -2.01. The van der Waals surface area contributed by atoms with E-state index < -0.39 is 0 Å². The smallest absolute Gasteiger partial charge is 0.178 e. The van der Waals surface area contributed by atoms with Gasteiger partial charge in [0.15, 0.2) is 11.5 Å². The molecule has 110 valence electrons. The normalized spacial score (nSPS) is 10.6. The van der Waals surface area contributed by atoms with Crippen LogP contribution in [-0.2, 0) is 0 Å². The van der Waals surface area contributed by atoms with E-state index >= 15 is 0 Å². The Kier molecular flexibility index (Phi) is 8.93. The summed E-state index contributed by atoms with van der Waals surface area (Å²) in [5.74, 6) is 1.48. The molecule has 0 unspecified atom stereocenters. The van der Waals surface area contributed by atoms with Crippen LogP contribution in [0.15, 0.2) is 12.4 Å². The summed E-state index contributed by atoms with van der Waals surface area (Å²) in [5, 5.41) is 17.3. The van der Waals surface area contributed by atoms with Crippen LogP contribution in [0.5, 0.6) is 11.5 Å². The fraction of sp³-hybridized carbons (Fsp3) is 0.714. The molecule has 1 aromatic heterocycles. The Morgan fingerprint density at radius 3 is 1.63 bits per heavy atom. The number of aliphatic hydroxyl groups excluding tert-OH is 2. The lowest BCUT2D eigenvalue weighted by atomic mass is 10.2. The van der Waals surface area contributed by atoms with Crippen LogP contribution in [0.4, 0.5) is 0 Å². The monoisotopic (exact) mass is 271 g/mol. The zero-order chi connectivity index (χ0) is 13.8. The molecule has 0 aliphatic heterocycles. The summed E-state index contributed by atoms with van der Waals surface area (Å²) in [7, 11) is 0. The second kappa shape index (κ2) is 10.7. The molecule has 0 aromatic carbocycles. The van der Waals surface area contributed by atoms with Crippen molar-refractivity contribution in [2.45, 2.75) is 38.5 Å². The molecule has 5 heteroatoms. The molecular formula is C14H25NO4. The number of aliphatic hydroxyl groups is 2. The first kappa shape index (κ1) is 15.9. The van der Waals surface area contributed by atoms with Crippen molar-refractivity contribution in [3.8, 4) is 11.5 Å². The van der Waals surface area contributed by atoms with E-state index in [1.807, 2.05) is 0 Å². The number of rotatable bonds is 12. The number of hydrogen-bond donors (Lipinski definition) is 3. The fourth-order valence-corrected chi connectivity index (χ4v) is 1.71. The Morgan fingerprint density at radius 2 is 1.21 bits per heavy atom. The van der Waals surface area contributed by atoms with E-state index in [1.54, 1.807) is 12.4 Å². The summed E-state index contributed by atoms with van der Waals surface area (Å²) in [5.41, 5.74) is 0. The number of nitrogens with one attached hydrogen (secondary N) is 1. The van der Waals surface area contributed by atoms with Gasteiger partial charge in [-0.1, -0.05) is 0 Å². The Bertz CT molecular complexity index is 286. The molecule has 1 aromatic rings. The number of aromatic nitrogens is 1. The van der Waals surface area contributed by atoms with E-state index in [9.17, 15) is 0 Å². The molecule has 19 heavy (non-hydrogen) atoms. The number of aromatic amines is 1. The van der Waals surface area contributed by atoms with Crippen LogP contribution < -0.4 is 9.47 Å². The first-order valence-corrected chi connectivity index (χ1v) is 7.02. The molecule has 0 saturated heterocycles. The topological polar surface area (TPSA) is 74.7 Å².